The Morgan fingerprint density at radius 1 is 0.759 bits per heavy atom. The maximum Gasteiger partial charge on any atom is 0.218 e. The molecule has 150 valence electrons. The Bertz CT molecular complexity index is 991. The number of piperazine rings is 1. The first-order valence-corrected chi connectivity index (χ1v) is 11.6. The zero-order valence-electron chi connectivity index (χ0n) is 16.4. The molecular formula is C24H26N2O2S. The van der Waals surface area contributed by atoms with Crippen LogP contribution in [0.25, 0.3) is 0 Å². The molecule has 0 spiro atoms. The van der Waals surface area contributed by atoms with Gasteiger partial charge in [0.15, 0.2) is 0 Å². The normalized spacial score (nSPS) is 15.5. The average Bonchev–Trinajstić information content (AvgIpc) is 2.77. The molecule has 1 fully saturated rings. The van der Waals surface area contributed by atoms with Gasteiger partial charge in [0.25, 0.3) is 0 Å². The van der Waals surface area contributed by atoms with E-state index in [1.807, 2.05) is 54.6 Å². The predicted octanol–water partition coefficient (Wildman–Crippen LogP) is 3.60. The minimum atomic E-state index is -3.36. The minimum Gasteiger partial charge on any atom is -0.314 e. The molecule has 0 radical (unpaired) electrons. The van der Waals surface area contributed by atoms with Crippen molar-refractivity contribution >= 4 is 10.0 Å². The molecule has 0 amide bonds. The van der Waals surface area contributed by atoms with Crippen molar-refractivity contribution in [2.45, 2.75) is 11.7 Å². The third-order valence-corrected chi connectivity index (χ3v) is 7.27. The van der Waals surface area contributed by atoms with Crippen LogP contribution in [-0.4, -0.2) is 38.9 Å². The lowest BCUT2D eigenvalue weighted by atomic mass is 9.83. The van der Waals surface area contributed by atoms with E-state index in [-0.39, 0.29) is 11.7 Å². The highest BCUT2D eigenvalue weighted by Gasteiger charge is 2.27. The summed E-state index contributed by atoms with van der Waals surface area (Å²) in [6, 6.07) is 28.5. The van der Waals surface area contributed by atoms with Gasteiger partial charge >= 0.3 is 0 Å². The topological polar surface area (TPSA) is 49.4 Å². The Balaban J connectivity index is 1.75. The lowest BCUT2D eigenvalue weighted by Crippen LogP contribution is -2.46. The molecule has 1 N–H and O–H groups in total. The molecule has 1 saturated heterocycles. The molecule has 0 aromatic heterocycles. The molecule has 5 heteroatoms. The van der Waals surface area contributed by atoms with Crippen LogP contribution in [0.15, 0.2) is 84.9 Å². The first-order chi connectivity index (χ1) is 14.1. The molecule has 0 unspecified atom stereocenters. The molecule has 0 atom stereocenters. The Hall–Kier alpha value is -2.47. The Kier molecular flexibility index (Phi) is 6.09. The number of hydrogen-bond acceptors (Lipinski definition) is 3. The van der Waals surface area contributed by atoms with Crippen LogP contribution in [0, 0.1) is 0 Å². The van der Waals surface area contributed by atoms with Crippen LogP contribution in [0.4, 0.5) is 0 Å². The number of benzene rings is 3. The SMILES string of the molecule is O=S(=O)(Cc1ccccc1C(c1ccccc1)c1ccccc1)N1CCNCC1. The van der Waals surface area contributed by atoms with E-state index < -0.39 is 10.0 Å². The minimum absolute atomic E-state index is 0.00757. The van der Waals surface area contributed by atoms with Gasteiger partial charge in [-0.15, -0.1) is 0 Å². The summed E-state index contributed by atoms with van der Waals surface area (Å²) in [5.74, 6) is 0.0196. The quantitative estimate of drug-likeness (QED) is 0.637. The van der Waals surface area contributed by atoms with Crippen molar-refractivity contribution < 1.29 is 8.42 Å². The maximum atomic E-state index is 13.1. The summed E-state index contributed by atoms with van der Waals surface area (Å²) in [5, 5.41) is 3.22. The van der Waals surface area contributed by atoms with Crippen LogP contribution in [0.1, 0.15) is 28.2 Å². The molecule has 1 aliphatic heterocycles. The molecule has 29 heavy (non-hydrogen) atoms. The van der Waals surface area contributed by atoms with Gasteiger partial charge in [-0.25, -0.2) is 8.42 Å². The van der Waals surface area contributed by atoms with Gasteiger partial charge < -0.3 is 5.32 Å². The fourth-order valence-corrected chi connectivity index (χ4v) is 5.58. The molecule has 3 aromatic rings. The average molecular weight is 407 g/mol. The van der Waals surface area contributed by atoms with E-state index in [0.29, 0.717) is 26.2 Å². The first-order valence-electron chi connectivity index (χ1n) is 10.0. The molecule has 0 aliphatic carbocycles. The molecule has 1 aliphatic rings. The van der Waals surface area contributed by atoms with Gasteiger partial charge in [-0.3, -0.25) is 0 Å². The van der Waals surface area contributed by atoms with Gasteiger partial charge in [-0.1, -0.05) is 84.9 Å². The summed E-state index contributed by atoms with van der Waals surface area (Å²) in [6.07, 6.45) is 0. The van der Waals surface area contributed by atoms with Crippen molar-refractivity contribution in [2.75, 3.05) is 26.2 Å². The molecule has 4 nitrogen and oxygen atoms in total. The van der Waals surface area contributed by atoms with Gasteiger partial charge in [0.1, 0.15) is 0 Å². The molecule has 3 aromatic carbocycles. The van der Waals surface area contributed by atoms with Crippen molar-refractivity contribution in [2.24, 2.45) is 0 Å². The van der Waals surface area contributed by atoms with Crippen LogP contribution in [0.5, 0.6) is 0 Å². The number of nitrogens with zero attached hydrogens (tertiary/aromatic N) is 1. The van der Waals surface area contributed by atoms with Gasteiger partial charge in [-0.2, -0.15) is 4.31 Å². The van der Waals surface area contributed by atoms with Crippen molar-refractivity contribution in [1.29, 1.82) is 0 Å². The van der Waals surface area contributed by atoms with Crippen LogP contribution < -0.4 is 5.32 Å². The first kappa shape index (κ1) is 19.8. The molecule has 1 heterocycles. The zero-order valence-corrected chi connectivity index (χ0v) is 17.2. The zero-order chi connectivity index (χ0) is 20.1. The van der Waals surface area contributed by atoms with E-state index in [2.05, 4.69) is 35.6 Å². The summed E-state index contributed by atoms with van der Waals surface area (Å²) in [4.78, 5) is 0. The van der Waals surface area contributed by atoms with Crippen molar-refractivity contribution in [3.63, 3.8) is 0 Å². The molecule has 4 rings (SSSR count). The van der Waals surface area contributed by atoms with Crippen molar-refractivity contribution in [3.8, 4) is 0 Å². The molecule has 0 saturated carbocycles. The van der Waals surface area contributed by atoms with E-state index in [0.717, 1.165) is 22.3 Å². The third-order valence-electron chi connectivity index (χ3n) is 5.44. The standard InChI is InChI=1S/C24H26N2O2S/c27-29(28,26-17-15-25-16-18-26)19-22-13-7-8-14-23(22)24(20-9-3-1-4-10-20)21-11-5-2-6-12-21/h1-14,24-25H,15-19H2. The van der Waals surface area contributed by atoms with E-state index in [9.17, 15) is 8.42 Å². The fraction of sp³-hybridized carbons (Fsp3) is 0.250. The summed E-state index contributed by atoms with van der Waals surface area (Å²) in [7, 11) is -3.36. The van der Waals surface area contributed by atoms with Gasteiger partial charge in [-0.05, 0) is 22.3 Å². The van der Waals surface area contributed by atoms with Gasteiger partial charge in [0, 0.05) is 32.1 Å². The third kappa shape index (κ3) is 4.58. The Labute approximate surface area is 173 Å². The summed E-state index contributed by atoms with van der Waals surface area (Å²) in [5.41, 5.74) is 4.23. The summed E-state index contributed by atoms with van der Waals surface area (Å²) >= 11 is 0. The summed E-state index contributed by atoms with van der Waals surface area (Å²) < 4.78 is 27.8. The van der Waals surface area contributed by atoms with Crippen molar-refractivity contribution in [1.82, 2.24) is 9.62 Å². The monoisotopic (exact) mass is 406 g/mol. The second-order valence-electron chi connectivity index (χ2n) is 7.36. The predicted molar refractivity (Wildman–Crippen MR) is 117 cm³/mol. The van der Waals surface area contributed by atoms with E-state index in [1.54, 1.807) is 4.31 Å². The van der Waals surface area contributed by atoms with E-state index in [4.69, 9.17) is 0 Å². The lowest BCUT2D eigenvalue weighted by molar-refractivity contribution is 0.359. The van der Waals surface area contributed by atoms with Gasteiger partial charge in [0.05, 0.1) is 5.75 Å². The highest BCUT2D eigenvalue weighted by molar-refractivity contribution is 7.88. The number of hydrogen-bond donors (Lipinski definition) is 1. The summed E-state index contributed by atoms with van der Waals surface area (Å²) in [6.45, 7) is 2.48. The van der Waals surface area contributed by atoms with Gasteiger partial charge in [0.2, 0.25) is 10.0 Å². The van der Waals surface area contributed by atoms with E-state index in [1.165, 1.54) is 0 Å². The number of nitrogens with one attached hydrogen (secondary N) is 1. The maximum absolute atomic E-state index is 13.1. The van der Waals surface area contributed by atoms with Crippen molar-refractivity contribution in [3.05, 3.63) is 107 Å². The largest absolute Gasteiger partial charge is 0.314 e. The van der Waals surface area contributed by atoms with Crippen LogP contribution >= 0.6 is 0 Å². The Morgan fingerprint density at radius 3 is 1.86 bits per heavy atom. The smallest absolute Gasteiger partial charge is 0.218 e. The van der Waals surface area contributed by atoms with Crippen LogP contribution in [0.2, 0.25) is 0 Å². The molecule has 0 bridgehead atoms. The van der Waals surface area contributed by atoms with Crippen LogP contribution in [0.3, 0.4) is 0 Å². The lowest BCUT2D eigenvalue weighted by Gasteiger charge is -2.28. The second kappa shape index (κ2) is 8.91. The fourth-order valence-electron chi connectivity index (χ4n) is 4.00. The van der Waals surface area contributed by atoms with E-state index >= 15 is 0 Å². The number of sulfonamides is 1. The van der Waals surface area contributed by atoms with Crippen LogP contribution in [-0.2, 0) is 15.8 Å². The molecular weight excluding hydrogens is 380 g/mol. The highest BCUT2D eigenvalue weighted by Crippen LogP contribution is 2.34. The number of rotatable bonds is 6. The second-order valence-corrected chi connectivity index (χ2v) is 9.33. The Morgan fingerprint density at radius 2 is 1.28 bits per heavy atom. The highest BCUT2D eigenvalue weighted by atomic mass is 32.2.